The standard InChI is InChI=1S/C13H22N2O3/c1-8(2)11(12(16)17)14-13(18)15(10-5-6-10)7-9-3-4-9/h8-11H,3-7H2,1-2H3,(H,14,18)(H,16,17). The summed E-state index contributed by atoms with van der Waals surface area (Å²) in [7, 11) is 0. The Hall–Kier alpha value is -1.26. The van der Waals surface area contributed by atoms with Crippen molar-refractivity contribution in [3.63, 3.8) is 0 Å². The number of carboxylic acid groups (broad SMARTS) is 1. The van der Waals surface area contributed by atoms with Gasteiger partial charge in [-0.15, -0.1) is 0 Å². The van der Waals surface area contributed by atoms with E-state index < -0.39 is 12.0 Å². The van der Waals surface area contributed by atoms with Gasteiger partial charge in [-0.2, -0.15) is 0 Å². The number of hydrogen-bond acceptors (Lipinski definition) is 2. The van der Waals surface area contributed by atoms with Crippen LogP contribution in [0.2, 0.25) is 0 Å². The zero-order valence-corrected chi connectivity index (χ0v) is 11.1. The second-order valence-electron chi connectivity index (χ2n) is 5.84. The Labute approximate surface area is 108 Å². The van der Waals surface area contributed by atoms with Gasteiger partial charge in [0, 0.05) is 12.6 Å². The van der Waals surface area contributed by atoms with Crippen LogP contribution in [0.1, 0.15) is 39.5 Å². The molecule has 0 heterocycles. The van der Waals surface area contributed by atoms with E-state index in [4.69, 9.17) is 5.11 Å². The fourth-order valence-corrected chi connectivity index (χ4v) is 2.09. The molecule has 0 aromatic rings. The van der Waals surface area contributed by atoms with Crippen molar-refractivity contribution >= 4 is 12.0 Å². The van der Waals surface area contributed by atoms with Crippen molar-refractivity contribution < 1.29 is 14.7 Å². The summed E-state index contributed by atoms with van der Waals surface area (Å²) in [5.74, 6) is -0.423. The molecule has 0 aliphatic heterocycles. The van der Waals surface area contributed by atoms with E-state index in [-0.39, 0.29) is 11.9 Å². The van der Waals surface area contributed by atoms with Gasteiger partial charge in [-0.1, -0.05) is 13.8 Å². The zero-order valence-electron chi connectivity index (χ0n) is 11.1. The highest BCUT2D eigenvalue weighted by Gasteiger charge is 2.38. The number of aliphatic carboxylic acids is 1. The molecule has 0 aromatic heterocycles. The minimum absolute atomic E-state index is 0.103. The summed E-state index contributed by atoms with van der Waals surface area (Å²) in [5.41, 5.74) is 0. The number of nitrogens with one attached hydrogen (secondary N) is 1. The van der Waals surface area contributed by atoms with Gasteiger partial charge in [-0.3, -0.25) is 0 Å². The Balaban J connectivity index is 1.92. The fourth-order valence-electron chi connectivity index (χ4n) is 2.09. The number of carboxylic acids is 1. The molecule has 1 unspecified atom stereocenters. The van der Waals surface area contributed by atoms with Crippen LogP contribution >= 0.6 is 0 Å². The SMILES string of the molecule is CC(C)C(NC(=O)N(CC1CC1)C1CC1)C(=O)O. The highest BCUT2D eigenvalue weighted by atomic mass is 16.4. The van der Waals surface area contributed by atoms with Crippen molar-refractivity contribution in [3.8, 4) is 0 Å². The number of urea groups is 1. The Bertz CT molecular complexity index is 335. The molecule has 2 aliphatic rings. The van der Waals surface area contributed by atoms with Gasteiger partial charge < -0.3 is 15.3 Å². The highest BCUT2D eigenvalue weighted by Crippen LogP contribution is 2.34. The molecule has 0 radical (unpaired) electrons. The molecule has 0 bridgehead atoms. The highest BCUT2D eigenvalue weighted by molar-refractivity contribution is 5.83. The normalized spacial score (nSPS) is 20.6. The summed E-state index contributed by atoms with van der Waals surface area (Å²) in [5, 5.41) is 11.7. The Morgan fingerprint density at radius 3 is 2.28 bits per heavy atom. The molecule has 2 amide bonds. The lowest BCUT2D eigenvalue weighted by molar-refractivity contribution is -0.140. The van der Waals surface area contributed by atoms with Crippen LogP contribution in [0.25, 0.3) is 0 Å². The number of carbonyl (C=O) groups excluding carboxylic acids is 1. The average Bonchev–Trinajstić information content (AvgIpc) is 3.13. The van der Waals surface area contributed by atoms with E-state index in [1.54, 1.807) is 13.8 Å². The minimum atomic E-state index is -0.958. The van der Waals surface area contributed by atoms with Crippen LogP contribution < -0.4 is 5.32 Å². The van der Waals surface area contributed by atoms with Crippen LogP contribution in [0.15, 0.2) is 0 Å². The molecule has 0 spiro atoms. The molecule has 2 aliphatic carbocycles. The van der Waals surface area contributed by atoms with E-state index in [1.807, 2.05) is 4.90 Å². The lowest BCUT2D eigenvalue weighted by atomic mass is 10.1. The molecule has 2 rings (SSSR count). The zero-order chi connectivity index (χ0) is 13.3. The summed E-state index contributed by atoms with van der Waals surface area (Å²) in [6.07, 6.45) is 4.51. The maximum absolute atomic E-state index is 12.2. The van der Waals surface area contributed by atoms with Gasteiger partial charge in [-0.25, -0.2) is 9.59 Å². The van der Waals surface area contributed by atoms with E-state index in [0.29, 0.717) is 12.0 Å². The Morgan fingerprint density at radius 2 is 1.89 bits per heavy atom. The molecular formula is C13H22N2O3. The predicted octanol–water partition coefficient (Wildman–Crippen LogP) is 1.68. The summed E-state index contributed by atoms with van der Waals surface area (Å²) in [6.45, 7) is 4.41. The van der Waals surface area contributed by atoms with Gasteiger partial charge in [0.15, 0.2) is 0 Å². The van der Waals surface area contributed by atoms with Crippen LogP contribution in [0.4, 0.5) is 4.79 Å². The lowest BCUT2D eigenvalue weighted by Gasteiger charge is -2.26. The average molecular weight is 254 g/mol. The number of nitrogens with zero attached hydrogens (tertiary/aromatic N) is 1. The molecule has 1 atom stereocenters. The Morgan fingerprint density at radius 1 is 1.28 bits per heavy atom. The second kappa shape index (κ2) is 5.16. The van der Waals surface area contributed by atoms with Gasteiger partial charge >= 0.3 is 12.0 Å². The number of hydrogen-bond donors (Lipinski definition) is 2. The molecule has 0 aromatic carbocycles. The first-order valence-corrected chi connectivity index (χ1v) is 6.79. The van der Waals surface area contributed by atoms with Crippen molar-refractivity contribution in [3.05, 3.63) is 0 Å². The van der Waals surface area contributed by atoms with E-state index >= 15 is 0 Å². The maximum atomic E-state index is 12.2. The molecule has 0 saturated heterocycles. The smallest absolute Gasteiger partial charge is 0.326 e. The largest absolute Gasteiger partial charge is 0.480 e. The fraction of sp³-hybridized carbons (Fsp3) is 0.846. The van der Waals surface area contributed by atoms with Gasteiger partial charge in [0.25, 0.3) is 0 Å². The van der Waals surface area contributed by atoms with Crippen LogP contribution in [0.5, 0.6) is 0 Å². The molecule has 102 valence electrons. The predicted molar refractivity (Wildman–Crippen MR) is 67.2 cm³/mol. The van der Waals surface area contributed by atoms with Gasteiger partial charge in [0.1, 0.15) is 6.04 Å². The summed E-state index contributed by atoms with van der Waals surface area (Å²) in [4.78, 5) is 25.1. The van der Waals surface area contributed by atoms with Crippen LogP contribution in [-0.4, -0.2) is 40.6 Å². The molecule has 2 saturated carbocycles. The third kappa shape index (κ3) is 3.37. The topological polar surface area (TPSA) is 69.6 Å². The lowest BCUT2D eigenvalue weighted by Crippen LogP contribution is -2.51. The number of amides is 2. The van der Waals surface area contributed by atoms with Crippen molar-refractivity contribution in [2.75, 3.05) is 6.54 Å². The quantitative estimate of drug-likeness (QED) is 0.757. The van der Waals surface area contributed by atoms with Crippen molar-refractivity contribution in [1.82, 2.24) is 10.2 Å². The van der Waals surface area contributed by atoms with E-state index in [9.17, 15) is 9.59 Å². The third-order valence-electron chi connectivity index (χ3n) is 3.61. The third-order valence-corrected chi connectivity index (χ3v) is 3.61. The van der Waals surface area contributed by atoms with Crippen molar-refractivity contribution in [2.45, 2.75) is 51.6 Å². The molecule has 2 N–H and O–H groups in total. The van der Waals surface area contributed by atoms with Crippen LogP contribution in [0.3, 0.4) is 0 Å². The van der Waals surface area contributed by atoms with Crippen LogP contribution in [-0.2, 0) is 4.79 Å². The van der Waals surface area contributed by atoms with E-state index in [2.05, 4.69) is 5.32 Å². The molecule has 5 heteroatoms. The summed E-state index contributed by atoms with van der Waals surface area (Å²) >= 11 is 0. The second-order valence-corrected chi connectivity index (χ2v) is 5.84. The first kappa shape index (κ1) is 13.2. The maximum Gasteiger partial charge on any atom is 0.326 e. The molecule has 2 fully saturated rings. The van der Waals surface area contributed by atoms with Crippen molar-refractivity contribution in [1.29, 1.82) is 0 Å². The Kier molecular flexibility index (Phi) is 3.78. The molecule has 18 heavy (non-hydrogen) atoms. The van der Waals surface area contributed by atoms with Gasteiger partial charge in [0.2, 0.25) is 0 Å². The minimum Gasteiger partial charge on any atom is -0.480 e. The first-order chi connectivity index (χ1) is 8.49. The molecule has 5 nitrogen and oxygen atoms in total. The van der Waals surface area contributed by atoms with Crippen LogP contribution in [0, 0.1) is 11.8 Å². The molecular weight excluding hydrogens is 232 g/mol. The van der Waals surface area contributed by atoms with E-state index in [1.165, 1.54) is 12.8 Å². The van der Waals surface area contributed by atoms with Gasteiger partial charge in [-0.05, 0) is 37.5 Å². The van der Waals surface area contributed by atoms with E-state index in [0.717, 1.165) is 19.4 Å². The van der Waals surface area contributed by atoms with Gasteiger partial charge in [0.05, 0.1) is 0 Å². The summed E-state index contributed by atoms with van der Waals surface area (Å²) < 4.78 is 0. The monoisotopic (exact) mass is 254 g/mol. The number of carbonyl (C=O) groups is 2. The number of rotatable bonds is 6. The summed E-state index contributed by atoms with van der Waals surface area (Å²) in [6, 6.07) is -0.657. The first-order valence-electron chi connectivity index (χ1n) is 6.79. The van der Waals surface area contributed by atoms with Crippen molar-refractivity contribution in [2.24, 2.45) is 11.8 Å².